The number of methoxy groups -OCH3 is 1. The van der Waals surface area contributed by atoms with Crippen molar-refractivity contribution >= 4 is 23.1 Å². The molecule has 2 rings (SSSR count). The van der Waals surface area contributed by atoms with Crippen molar-refractivity contribution in [1.82, 2.24) is 15.0 Å². The highest BCUT2D eigenvalue weighted by molar-refractivity contribution is 6.32. The minimum Gasteiger partial charge on any atom is -0.481 e. The molecule has 17 heavy (non-hydrogen) atoms. The van der Waals surface area contributed by atoms with Gasteiger partial charge in [-0.25, -0.2) is 15.0 Å². The molecule has 0 fully saturated rings. The number of pyridine rings is 1. The van der Waals surface area contributed by atoms with Crippen molar-refractivity contribution in [3.8, 4) is 17.3 Å². The molecule has 0 radical (unpaired) electrons. The van der Waals surface area contributed by atoms with Gasteiger partial charge in [0, 0.05) is 17.8 Å². The van der Waals surface area contributed by atoms with E-state index in [-0.39, 0.29) is 16.7 Å². The lowest BCUT2D eigenvalue weighted by atomic mass is 10.2. The summed E-state index contributed by atoms with van der Waals surface area (Å²) in [5.74, 6) is 1.02. The molecule has 0 aliphatic carbocycles. The van der Waals surface area contributed by atoms with Crippen LogP contribution in [0.1, 0.15) is 0 Å². The standard InChI is InChI=1S/C10H10ClN5O/c1-17-6-3-2-5(4-14-6)10-15-8(11)7(12)9(13)16-10/h2-4H,12H2,1H3,(H2,13,15,16). The Hall–Kier alpha value is -2.08. The molecule has 0 spiro atoms. The molecule has 0 unspecified atom stereocenters. The predicted molar refractivity (Wildman–Crippen MR) is 65.6 cm³/mol. The van der Waals surface area contributed by atoms with E-state index in [0.717, 1.165) is 0 Å². The summed E-state index contributed by atoms with van der Waals surface area (Å²) in [5.41, 5.74) is 12.0. The molecular weight excluding hydrogens is 242 g/mol. The summed E-state index contributed by atoms with van der Waals surface area (Å²) in [6.45, 7) is 0. The molecule has 2 aromatic heterocycles. The summed E-state index contributed by atoms with van der Waals surface area (Å²) in [7, 11) is 1.54. The third-order valence-electron chi connectivity index (χ3n) is 2.13. The predicted octanol–water partition coefficient (Wildman–Crippen LogP) is 1.36. The van der Waals surface area contributed by atoms with E-state index < -0.39 is 0 Å². The Kier molecular flexibility index (Phi) is 2.97. The van der Waals surface area contributed by atoms with Gasteiger partial charge in [-0.2, -0.15) is 0 Å². The van der Waals surface area contributed by atoms with E-state index in [9.17, 15) is 0 Å². The minimum absolute atomic E-state index is 0.128. The van der Waals surface area contributed by atoms with E-state index in [2.05, 4.69) is 15.0 Å². The van der Waals surface area contributed by atoms with Crippen molar-refractivity contribution < 1.29 is 4.74 Å². The molecular formula is C10H10ClN5O. The number of hydrogen-bond acceptors (Lipinski definition) is 6. The zero-order chi connectivity index (χ0) is 12.4. The van der Waals surface area contributed by atoms with Crippen molar-refractivity contribution in [2.75, 3.05) is 18.6 Å². The van der Waals surface area contributed by atoms with E-state index in [0.29, 0.717) is 17.3 Å². The Morgan fingerprint density at radius 2 is 2.00 bits per heavy atom. The summed E-state index contributed by atoms with van der Waals surface area (Å²) < 4.78 is 4.95. The Morgan fingerprint density at radius 3 is 2.53 bits per heavy atom. The molecule has 0 amide bonds. The van der Waals surface area contributed by atoms with Crippen LogP contribution in [-0.4, -0.2) is 22.1 Å². The molecule has 0 saturated carbocycles. The molecule has 88 valence electrons. The number of anilines is 2. The van der Waals surface area contributed by atoms with Crippen LogP contribution in [0.15, 0.2) is 18.3 Å². The molecule has 2 heterocycles. The second-order valence-corrected chi connectivity index (χ2v) is 3.58. The van der Waals surface area contributed by atoms with Crippen LogP contribution in [0.4, 0.5) is 11.5 Å². The number of ether oxygens (including phenoxy) is 1. The largest absolute Gasteiger partial charge is 0.481 e. The average molecular weight is 252 g/mol. The fourth-order valence-electron chi connectivity index (χ4n) is 1.22. The summed E-state index contributed by atoms with van der Waals surface area (Å²) >= 11 is 5.83. The average Bonchev–Trinajstić information content (AvgIpc) is 2.35. The first-order chi connectivity index (χ1) is 8.11. The van der Waals surface area contributed by atoms with Gasteiger partial charge in [0.05, 0.1) is 7.11 Å². The van der Waals surface area contributed by atoms with Gasteiger partial charge in [-0.15, -0.1) is 0 Å². The topological polar surface area (TPSA) is 99.9 Å². The van der Waals surface area contributed by atoms with E-state index >= 15 is 0 Å². The lowest BCUT2D eigenvalue weighted by molar-refractivity contribution is 0.398. The smallest absolute Gasteiger partial charge is 0.212 e. The van der Waals surface area contributed by atoms with Gasteiger partial charge in [0.2, 0.25) is 5.88 Å². The summed E-state index contributed by atoms with van der Waals surface area (Å²) in [4.78, 5) is 12.1. The van der Waals surface area contributed by atoms with E-state index in [1.54, 1.807) is 18.3 Å². The summed E-state index contributed by atoms with van der Waals surface area (Å²) in [6.07, 6.45) is 1.57. The van der Waals surface area contributed by atoms with Crippen LogP contribution < -0.4 is 16.2 Å². The van der Waals surface area contributed by atoms with Crippen molar-refractivity contribution in [2.24, 2.45) is 0 Å². The van der Waals surface area contributed by atoms with Crippen molar-refractivity contribution in [2.45, 2.75) is 0 Å². The molecule has 4 N–H and O–H groups in total. The lowest BCUT2D eigenvalue weighted by Crippen LogP contribution is -2.02. The molecule has 2 aromatic rings. The van der Waals surface area contributed by atoms with Gasteiger partial charge in [0.15, 0.2) is 16.8 Å². The maximum absolute atomic E-state index is 5.83. The second kappa shape index (κ2) is 4.42. The Bertz CT molecular complexity index is 520. The van der Waals surface area contributed by atoms with Crippen molar-refractivity contribution in [3.05, 3.63) is 23.5 Å². The molecule has 0 aliphatic heterocycles. The van der Waals surface area contributed by atoms with Gasteiger partial charge >= 0.3 is 0 Å². The number of nitrogens with two attached hydrogens (primary N) is 2. The zero-order valence-corrected chi connectivity index (χ0v) is 9.77. The Labute approximate surface area is 103 Å². The lowest BCUT2D eigenvalue weighted by Gasteiger charge is -2.05. The van der Waals surface area contributed by atoms with Crippen LogP contribution in [0.2, 0.25) is 5.15 Å². The summed E-state index contributed by atoms with van der Waals surface area (Å²) in [5, 5.41) is 0.128. The van der Waals surface area contributed by atoms with Crippen LogP contribution in [0.25, 0.3) is 11.4 Å². The quantitative estimate of drug-likeness (QED) is 0.782. The van der Waals surface area contributed by atoms with Gasteiger partial charge in [0.1, 0.15) is 5.69 Å². The normalized spacial score (nSPS) is 10.2. The fourth-order valence-corrected chi connectivity index (χ4v) is 1.40. The molecule has 0 atom stereocenters. The Balaban J connectivity index is 2.45. The number of nitrogen functional groups attached to an aromatic ring is 2. The van der Waals surface area contributed by atoms with Crippen LogP contribution in [0.3, 0.4) is 0 Å². The molecule has 7 heteroatoms. The SMILES string of the molecule is COc1ccc(-c2nc(N)c(N)c(Cl)n2)cn1. The molecule has 0 saturated heterocycles. The van der Waals surface area contributed by atoms with Crippen LogP contribution in [-0.2, 0) is 0 Å². The highest BCUT2D eigenvalue weighted by Gasteiger charge is 2.09. The van der Waals surface area contributed by atoms with Gasteiger partial charge in [-0.05, 0) is 6.07 Å². The number of halogens is 1. The van der Waals surface area contributed by atoms with Crippen molar-refractivity contribution in [1.29, 1.82) is 0 Å². The minimum atomic E-state index is 0.128. The molecule has 0 aromatic carbocycles. The number of nitrogens with zero attached hydrogens (tertiary/aromatic N) is 3. The monoisotopic (exact) mass is 251 g/mol. The fraction of sp³-hybridized carbons (Fsp3) is 0.100. The number of hydrogen-bond donors (Lipinski definition) is 2. The van der Waals surface area contributed by atoms with E-state index in [4.69, 9.17) is 27.8 Å². The van der Waals surface area contributed by atoms with Crippen molar-refractivity contribution in [3.63, 3.8) is 0 Å². The maximum atomic E-state index is 5.83. The number of aromatic nitrogens is 3. The highest BCUT2D eigenvalue weighted by atomic mass is 35.5. The van der Waals surface area contributed by atoms with E-state index in [1.165, 1.54) is 7.11 Å². The van der Waals surface area contributed by atoms with E-state index in [1.807, 2.05) is 0 Å². The van der Waals surface area contributed by atoms with Crippen LogP contribution in [0, 0.1) is 0 Å². The maximum Gasteiger partial charge on any atom is 0.212 e. The summed E-state index contributed by atoms with van der Waals surface area (Å²) in [6, 6.07) is 3.45. The number of rotatable bonds is 2. The van der Waals surface area contributed by atoms with Gasteiger partial charge in [0.25, 0.3) is 0 Å². The third kappa shape index (κ3) is 2.21. The second-order valence-electron chi connectivity index (χ2n) is 3.23. The Morgan fingerprint density at radius 1 is 1.24 bits per heavy atom. The first-order valence-corrected chi connectivity index (χ1v) is 5.08. The van der Waals surface area contributed by atoms with Crippen LogP contribution >= 0.6 is 11.6 Å². The zero-order valence-electron chi connectivity index (χ0n) is 9.01. The first kappa shape index (κ1) is 11.4. The molecule has 0 bridgehead atoms. The first-order valence-electron chi connectivity index (χ1n) is 4.70. The highest BCUT2D eigenvalue weighted by Crippen LogP contribution is 2.25. The molecule has 0 aliphatic rings. The third-order valence-corrected chi connectivity index (χ3v) is 2.42. The molecule has 6 nitrogen and oxygen atoms in total. The van der Waals surface area contributed by atoms with Gasteiger partial charge < -0.3 is 16.2 Å². The van der Waals surface area contributed by atoms with Crippen LogP contribution in [0.5, 0.6) is 5.88 Å². The van der Waals surface area contributed by atoms with Gasteiger partial charge in [-0.1, -0.05) is 11.6 Å². The van der Waals surface area contributed by atoms with Gasteiger partial charge in [-0.3, -0.25) is 0 Å².